The molecule has 154 valence electrons. The van der Waals surface area contributed by atoms with E-state index >= 15 is 0 Å². The van der Waals surface area contributed by atoms with E-state index < -0.39 is 0 Å². The SMILES string of the molecule is Cc1nn(C)c2cc(C(=O)Nc3cn4cc(C5CC(C)(C)CN5)nc4cn3)ccc12. The monoisotopic (exact) mass is 403 g/mol. The van der Waals surface area contributed by atoms with Gasteiger partial charge in [-0.2, -0.15) is 5.10 Å². The minimum absolute atomic E-state index is 0.206. The molecule has 1 atom stereocenters. The number of benzene rings is 1. The second-order valence-electron chi connectivity index (χ2n) is 8.90. The maximum absolute atomic E-state index is 12.8. The molecule has 0 saturated carbocycles. The van der Waals surface area contributed by atoms with Crippen molar-refractivity contribution >= 4 is 28.3 Å². The van der Waals surface area contributed by atoms with Crippen LogP contribution >= 0.6 is 0 Å². The number of imidazole rings is 1. The molecule has 1 fully saturated rings. The number of rotatable bonds is 3. The van der Waals surface area contributed by atoms with Crippen molar-refractivity contribution in [2.75, 3.05) is 11.9 Å². The number of carbonyl (C=O) groups is 1. The van der Waals surface area contributed by atoms with Gasteiger partial charge >= 0.3 is 0 Å². The number of fused-ring (bicyclic) bond motifs is 2. The summed E-state index contributed by atoms with van der Waals surface area (Å²) < 4.78 is 3.70. The van der Waals surface area contributed by atoms with E-state index in [4.69, 9.17) is 4.98 Å². The molecule has 1 aliphatic heterocycles. The highest BCUT2D eigenvalue weighted by molar-refractivity contribution is 6.05. The Morgan fingerprint density at radius 2 is 2.13 bits per heavy atom. The van der Waals surface area contributed by atoms with E-state index in [-0.39, 0.29) is 17.4 Å². The molecule has 8 heteroatoms. The Labute approximate surface area is 174 Å². The van der Waals surface area contributed by atoms with Crippen LogP contribution in [0.15, 0.2) is 36.8 Å². The van der Waals surface area contributed by atoms with Gasteiger partial charge in [0.15, 0.2) is 5.65 Å². The molecule has 1 amide bonds. The summed E-state index contributed by atoms with van der Waals surface area (Å²) in [4.78, 5) is 21.9. The van der Waals surface area contributed by atoms with Gasteiger partial charge in [0.05, 0.1) is 35.3 Å². The lowest BCUT2D eigenvalue weighted by atomic mass is 9.90. The largest absolute Gasteiger partial charge is 0.308 e. The Kier molecular flexibility index (Phi) is 4.14. The van der Waals surface area contributed by atoms with Gasteiger partial charge in [0, 0.05) is 30.7 Å². The Morgan fingerprint density at radius 1 is 1.30 bits per heavy atom. The number of amides is 1. The van der Waals surface area contributed by atoms with Crippen molar-refractivity contribution in [3.8, 4) is 0 Å². The standard InChI is InChI=1S/C22H25N7O/c1-13-15-6-5-14(7-18(15)28(4)27-13)21(30)26-19-11-29-10-17(25-20(29)9-23-19)16-8-22(2,3)12-24-16/h5-7,9-11,16,24H,8,12H2,1-4H3,(H,26,30). The molecule has 1 aromatic carbocycles. The Hall–Kier alpha value is -3.26. The fourth-order valence-corrected chi connectivity index (χ4v) is 4.22. The van der Waals surface area contributed by atoms with Crippen molar-refractivity contribution in [3.63, 3.8) is 0 Å². The Morgan fingerprint density at radius 3 is 2.90 bits per heavy atom. The molecule has 1 aliphatic rings. The van der Waals surface area contributed by atoms with Crippen LogP contribution in [0.25, 0.3) is 16.6 Å². The third-order valence-corrected chi connectivity index (χ3v) is 5.84. The topological polar surface area (TPSA) is 89.1 Å². The summed E-state index contributed by atoms with van der Waals surface area (Å²) >= 11 is 0. The zero-order chi connectivity index (χ0) is 21.0. The van der Waals surface area contributed by atoms with Crippen LogP contribution in [0.3, 0.4) is 0 Å². The lowest BCUT2D eigenvalue weighted by Gasteiger charge is -2.14. The van der Waals surface area contributed by atoms with Crippen LogP contribution in [0.2, 0.25) is 0 Å². The molecule has 0 aliphatic carbocycles. The van der Waals surface area contributed by atoms with Gasteiger partial charge in [-0.15, -0.1) is 0 Å². The summed E-state index contributed by atoms with van der Waals surface area (Å²) in [6.07, 6.45) is 6.55. The van der Waals surface area contributed by atoms with E-state index in [2.05, 4.69) is 34.6 Å². The van der Waals surface area contributed by atoms with E-state index in [0.717, 1.165) is 40.9 Å². The summed E-state index contributed by atoms with van der Waals surface area (Å²) in [7, 11) is 1.88. The van der Waals surface area contributed by atoms with E-state index in [0.29, 0.717) is 11.4 Å². The molecule has 2 N–H and O–H groups in total. The van der Waals surface area contributed by atoms with Gasteiger partial charge in [0.2, 0.25) is 0 Å². The molecule has 3 aromatic heterocycles. The molecule has 1 saturated heterocycles. The second kappa shape index (κ2) is 6.63. The maximum atomic E-state index is 12.8. The van der Waals surface area contributed by atoms with E-state index in [1.807, 2.05) is 42.8 Å². The van der Waals surface area contributed by atoms with Crippen LogP contribution in [-0.4, -0.2) is 36.6 Å². The fraction of sp³-hybridized carbons (Fsp3) is 0.364. The van der Waals surface area contributed by atoms with Gasteiger partial charge in [0.1, 0.15) is 5.82 Å². The highest BCUT2D eigenvalue weighted by atomic mass is 16.1. The van der Waals surface area contributed by atoms with Gasteiger partial charge in [-0.05, 0) is 30.9 Å². The van der Waals surface area contributed by atoms with Crippen molar-refractivity contribution in [1.82, 2.24) is 29.5 Å². The number of carbonyl (C=O) groups excluding carboxylic acids is 1. The smallest absolute Gasteiger partial charge is 0.256 e. The van der Waals surface area contributed by atoms with Gasteiger partial charge in [0.25, 0.3) is 5.91 Å². The zero-order valence-corrected chi connectivity index (χ0v) is 17.6. The van der Waals surface area contributed by atoms with Crippen LogP contribution in [0.1, 0.15) is 48.1 Å². The first-order valence-electron chi connectivity index (χ1n) is 10.1. The predicted molar refractivity (Wildman–Crippen MR) is 116 cm³/mol. The van der Waals surface area contributed by atoms with Crippen molar-refractivity contribution in [1.29, 1.82) is 0 Å². The Bertz CT molecular complexity index is 1280. The average molecular weight is 403 g/mol. The number of hydrogen-bond donors (Lipinski definition) is 2. The molecule has 1 unspecified atom stereocenters. The minimum Gasteiger partial charge on any atom is -0.308 e. The number of nitrogens with zero attached hydrogens (tertiary/aromatic N) is 5. The molecule has 0 spiro atoms. The van der Waals surface area contributed by atoms with Gasteiger partial charge in [-0.3, -0.25) is 9.48 Å². The normalized spacial score (nSPS) is 18.3. The number of aryl methyl sites for hydroxylation is 2. The van der Waals surface area contributed by atoms with Crippen LogP contribution in [0, 0.1) is 12.3 Å². The molecule has 5 rings (SSSR count). The first kappa shape index (κ1) is 18.7. The minimum atomic E-state index is -0.206. The van der Waals surface area contributed by atoms with E-state index in [9.17, 15) is 4.79 Å². The second-order valence-corrected chi connectivity index (χ2v) is 8.90. The summed E-state index contributed by atoms with van der Waals surface area (Å²) in [5, 5.41) is 11.9. The van der Waals surface area contributed by atoms with Crippen molar-refractivity contribution in [2.24, 2.45) is 12.5 Å². The number of anilines is 1. The number of aromatic nitrogens is 5. The summed E-state index contributed by atoms with van der Waals surface area (Å²) in [5.74, 6) is 0.277. The van der Waals surface area contributed by atoms with E-state index in [1.54, 1.807) is 17.1 Å². The van der Waals surface area contributed by atoms with Crippen molar-refractivity contribution < 1.29 is 4.79 Å². The molecular weight excluding hydrogens is 378 g/mol. The highest BCUT2D eigenvalue weighted by Crippen LogP contribution is 2.35. The summed E-state index contributed by atoms with van der Waals surface area (Å²) in [6.45, 7) is 7.46. The highest BCUT2D eigenvalue weighted by Gasteiger charge is 2.32. The maximum Gasteiger partial charge on any atom is 0.256 e. The summed E-state index contributed by atoms with van der Waals surface area (Å²) in [5.41, 5.74) is 4.48. The lowest BCUT2D eigenvalue weighted by molar-refractivity contribution is 0.102. The van der Waals surface area contributed by atoms with Gasteiger partial charge < -0.3 is 15.0 Å². The van der Waals surface area contributed by atoms with E-state index in [1.165, 1.54) is 0 Å². The van der Waals surface area contributed by atoms with Crippen LogP contribution in [0.4, 0.5) is 5.82 Å². The van der Waals surface area contributed by atoms with Gasteiger partial charge in [-0.25, -0.2) is 9.97 Å². The Balaban J connectivity index is 1.38. The first-order valence-corrected chi connectivity index (χ1v) is 10.1. The molecule has 4 aromatic rings. The molecular formula is C22H25N7O. The molecule has 0 radical (unpaired) electrons. The lowest BCUT2D eigenvalue weighted by Crippen LogP contribution is -2.16. The fourth-order valence-electron chi connectivity index (χ4n) is 4.22. The van der Waals surface area contributed by atoms with Crippen LogP contribution in [-0.2, 0) is 7.05 Å². The average Bonchev–Trinajstić information content (AvgIpc) is 3.36. The van der Waals surface area contributed by atoms with Crippen LogP contribution < -0.4 is 10.6 Å². The van der Waals surface area contributed by atoms with Crippen molar-refractivity contribution in [3.05, 3.63) is 53.7 Å². The third kappa shape index (κ3) is 3.23. The first-order chi connectivity index (χ1) is 14.3. The third-order valence-electron chi connectivity index (χ3n) is 5.84. The molecule has 4 heterocycles. The quantitative estimate of drug-likeness (QED) is 0.548. The molecule has 30 heavy (non-hydrogen) atoms. The molecule has 0 bridgehead atoms. The van der Waals surface area contributed by atoms with Crippen molar-refractivity contribution in [2.45, 2.75) is 33.2 Å². The predicted octanol–water partition coefficient (Wildman–Crippen LogP) is 3.24. The zero-order valence-electron chi connectivity index (χ0n) is 17.6. The molecule has 8 nitrogen and oxygen atoms in total. The van der Waals surface area contributed by atoms with Gasteiger partial charge in [-0.1, -0.05) is 19.9 Å². The number of nitrogens with one attached hydrogen (secondary N) is 2. The van der Waals surface area contributed by atoms with Crippen LogP contribution in [0.5, 0.6) is 0 Å². The number of hydrogen-bond acceptors (Lipinski definition) is 5. The summed E-state index contributed by atoms with van der Waals surface area (Å²) in [6, 6.07) is 5.84.